The quantitative estimate of drug-likeness (QED) is 0.838. The van der Waals surface area contributed by atoms with Crippen LogP contribution in [0.4, 0.5) is 0 Å². The van der Waals surface area contributed by atoms with Gasteiger partial charge in [0.15, 0.2) is 0 Å². The highest BCUT2D eigenvalue weighted by atomic mass is 16.5. The molecule has 4 saturated carbocycles. The number of ether oxygens (including phenoxy) is 1. The molecule has 1 aromatic rings. The molecule has 0 aromatic heterocycles. The van der Waals surface area contributed by atoms with Crippen molar-refractivity contribution in [2.75, 3.05) is 13.2 Å². The Hall–Kier alpha value is -1.06. The topological polar surface area (TPSA) is 41.5 Å². The second-order valence-electron chi connectivity index (χ2n) is 8.76. The van der Waals surface area contributed by atoms with E-state index < -0.39 is 6.10 Å². The van der Waals surface area contributed by atoms with Crippen molar-refractivity contribution in [2.45, 2.75) is 64.0 Å². The largest absolute Gasteiger partial charge is 0.490 e. The summed E-state index contributed by atoms with van der Waals surface area (Å²) in [5.41, 5.74) is 2.58. The van der Waals surface area contributed by atoms with Gasteiger partial charge in [0.05, 0.1) is 0 Å². The first kappa shape index (κ1) is 16.4. The monoisotopic (exact) mass is 329 g/mol. The summed E-state index contributed by atoms with van der Waals surface area (Å²) in [5.74, 6) is 3.73. The van der Waals surface area contributed by atoms with Crippen LogP contribution >= 0.6 is 0 Å². The summed E-state index contributed by atoms with van der Waals surface area (Å²) >= 11 is 0. The van der Waals surface area contributed by atoms with E-state index >= 15 is 0 Å². The van der Waals surface area contributed by atoms with Crippen molar-refractivity contribution in [2.24, 2.45) is 17.8 Å². The van der Waals surface area contributed by atoms with Gasteiger partial charge < -0.3 is 15.2 Å². The number of benzene rings is 1. The van der Waals surface area contributed by atoms with Crippen LogP contribution in [0, 0.1) is 31.6 Å². The van der Waals surface area contributed by atoms with Gasteiger partial charge in [0, 0.05) is 12.1 Å². The molecule has 24 heavy (non-hydrogen) atoms. The lowest BCUT2D eigenvalue weighted by Gasteiger charge is -2.57. The molecular formula is C21H31NO2. The van der Waals surface area contributed by atoms with Crippen LogP contribution in [-0.4, -0.2) is 29.9 Å². The zero-order valence-electron chi connectivity index (χ0n) is 15.1. The number of para-hydroxylation sites is 1. The van der Waals surface area contributed by atoms with Crippen LogP contribution in [0.3, 0.4) is 0 Å². The molecule has 4 bridgehead atoms. The van der Waals surface area contributed by atoms with E-state index in [1.54, 1.807) is 0 Å². The highest BCUT2D eigenvalue weighted by molar-refractivity contribution is 5.39. The lowest BCUT2D eigenvalue weighted by Crippen LogP contribution is -2.59. The Morgan fingerprint density at radius 2 is 1.62 bits per heavy atom. The average molecular weight is 329 g/mol. The number of aliphatic hydroxyl groups is 1. The second kappa shape index (κ2) is 6.34. The standard InChI is InChI=1S/C21H31NO2/c1-14-4-3-5-15(2)20(14)24-13-19(23)12-22-21-9-16-6-17(10-21)8-18(7-16)11-21/h3-5,16-19,22-23H,6-13H2,1-2H3. The van der Waals surface area contributed by atoms with Gasteiger partial charge in [-0.25, -0.2) is 0 Å². The Kier molecular flexibility index (Phi) is 4.34. The molecule has 132 valence electrons. The van der Waals surface area contributed by atoms with Crippen LogP contribution in [0.1, 0.15) is 49.7 Å². The summed E-state index contributed by atoms with van der Waals surface area (Å²) in [6.45, 7) is 5.13. The van der Waals surface area contributed by atoms with E-state index in [1.807, 2.05) is 6.07 Å². The van der Waals surface area contributed by atoms with Gasteiger partial charge in [-0.2, -0.15) is 0 Å². The van der Waals surface area contributed by atoms with Crippen LogP contribution < -0.4 is 10.1 Å². The minimum absolute atomic E-state index is 0.314. The molecule has 1 unspecified atom stereocenters. The van der Waals surface area contributed by atoms with Gasteiger partial charge in [0.1, 0.15) is 18.5 Å². The first-order chi connectivity index (χ1) is 11.5. The van der Waals surface area contributed by atoms with Crippen LogP contribution in [-0.2, 0) is 0 Å². The van der Waals surface area contributed by atoms with E-state index in [1.165, 1.54) is 38.5 Å². The van der Waals surface area contributed by atoms with Gasteiger partial charge >= 0.3 is 0 Å². The predicted molar refractivity (Wildman–Crippen MR) is 96.3 cm³/mol. The molecule has 0 saturated heterocycles. The fourth-order valence-electron chi connectivity index (χ4n) is 5.93. The second-order valence-corrected chi connectivity index (χ2v) is 8.76. The Labute approximate surface area is 145 Å². The number of aryl methyl sites for hydroxylation is 2. The van der Waals surface area contributed by atoms with E-state index in [0.717, 1.165) is 34.6 Å². The zero-order chi connectivity index (χ0) is 16.7. The Bertz CT molecular complexity index is 542. The Balaban J connectivity index is 1.30. The number of hydrogen-bond donors (Lipinski definition) is 2. The third-order valence-electron chi connectivity index (χ3n) is 6.58. The summed E-state index contributed by atoms with van der Waals surface area (Å²) in [5, 5.41) is 14.2. The summed E-state index contributed by atoms with van der Waals surface area (Å²) < 4.78 is 5.91. The smallest absolute Gasteiger partial charge is 0.125 e. The Morgan fingerprint density at radius 1 is 1.08 bits per heavy atom. The SMILES string of the molecule is Cc1cccc(C)c1OCC(O)CNC12CC3CC(CC(C3)C1)C2. The number of rotatable bonds is 6. The molecule has 0 aliphatic heterocycles. The zero-order valence-corrected chi connectivity index (χ0v) is 15.1. The van der Waals surface area contributed by atoms with E-state index in [0.29, 0.717) is 18.7 Å². The highest BCUT2D eigenvalue weighted by Crippen LogP contribution is 2.55. The maximum atomic E-state index is 10.4. The van der Waals surface area contributed by atoms with Gasteiger partial charge in [-0.15, -0.1) is 0 Å². The summed E-state index contributed by atoms with van der Waals surface area (Å²) in [6, 6.07) is 6.16. The van der Waals surface area contributed by atoms with E-state index in [-0.39, 0.29) is 0 Å². The molecule has 2 N–H and O–H groups in total. The van der Waals surface area contributed by atoms with E-state index in [4.69, 9.17) is 4.74 Å². The summed E-state index contributed by atoms with van der Waals surface area (Å²) in [6.07, 6.45) is 7.89. The van der Waals surface area contributed by atoms with Crippen LogP contribution in [0.25, 0.3) is 0 Å². The van der Waals surface area contributed by atoms with Gasteiger partial charge in [0.25, 0.3) is 0 Å². The van der Waals surface area contributed by atoms with Crippen LogP contribution in [0.2, 0.25) is 0 Å². The molecule has 5 rings (SSSR count). The maximum absolute atomic E-state index is 10.4. The van der Waals surface area contributed by atoms with Crippen LogP contribution in [0.5, 0.6) is 5.75 Å². The number of nitrogens with one attached hydrogen (secondary N) is 1. The fourth-order valence-corrected chi connectivity index (χ4v) is 5.93. The first-order valence-electron chi connectivity index (χ1n) is 9.65. The van der Waals surface area contributed by atoms with Crippen molar-refractivity contribution in [3.63, 3.8) is 0 Å². The molecule has 0 radical (unpaired) electrons. The highest BCUT2D eigenvalue weighted by Gasteiger charge is 2.50. The number of aliphatic hydroxyl groups excluding tert-OH is 1. The van der Waals surface area contributed by atoms with E-state index in [2.05, 4.69) is 31.3 Å². The molecule has 3 heteroatoms. The molecule has 1 aromatic carbocycles. The molecule has 0 spiro atoms. The minimum Gasteiger partial charge on any atom is -0.490 e. The van der Waals surface area contributed by atoms with Crippen LogP contribution in [0.15, 0.2) is 18.2 Å². The van der Waals surface area contributed by atoms with Crippen molar-refractivity contribution in [3.8, 4) is 5.75 Å². The first-order valence-corrected chi connectivity index (χ1v) is 9.65. The molecule has 3 nitrogen and oxygen atoms in total. The molecule has 0 heterocycles. The third kappa shape index (κ3) is 3.21. The molecular weight excluding hydrogens is 298 g/mol. The van der Waals surface area contributed by atoms with Gasteiger partial charge in [-0.1, -0.05) is 18.2 Å². The fraction of sp³-hybridized carbons (Fsp3) is 0.714. The molecule has 4 aliphatic carbocycles. The van der Waals surface area contributed by atoms with E-state index in [9.17, 15) is 5.11 Å². The average Bonchev–Trinajstić information content (AvgIpc) is 2.51. The third-order valence-corrected chi connectivity index (χ3v) is 6.58. The van der Waals surface area contributed by atoms with Crippen molar-refractivity contribution in [1.82, 2.24) is 5.32 Å². The summed E-state index contributed by atoms with van der Waals surface area (Å²) in [4.78, 5) is 0. The minimum atomic E-state index is -0.447. The van der Waals surface area contributed by atoms with Crippen molar-refractivity contribution in [1.29, 1.82) is 0 Å². The van der Waals surface area contributed by atoms with Crippen molar-refractivity contribution in [3.05, 3.63) is 29.3 Å². The predicted octanol–water partition coefficient (Wildman–Crippen LogP) is 3.60. The van der Waals surface area contributed by atoms with Gasteiger partial charge in [-0.3, -0.25) is 0 Å². The molecule has 0 amide bonds. The van der Waals surface area contributed by atoms with Gasteiger partial charge in [-0.05, 0) is 81.3 Å². The number of hydrogen-bond acceptors (Lipinski definition) is 3. The molecule has 4 aliphatic rings. The normalized spacial score (nSPS) is 35.2. The lowest BCUT2D eigenvalue weighted by molar-refractivity contribution is -0.0267. The van der Waals surface area contributed by atoms with Crippen molar-refractivity contribution < 1.29 is 9.84 Å². The molecule has 1 atom stereocenters. The molecule has 4 fully saturated rings. The maximum Gasteiger partial charge on any atom is 0.125 e. The van der Waals surface area contributed by atoms with Crippen molar-refractivity contribution >= 4 is 0 Å². The summed E-state index contributed by atoms with van der Waals surface area (Å²) in [7, 11) is 0. The Morgan fingerprint density at radius 3 is 2.17 bits per heavy atom. The number of β-amino-alcohol motifs (C(OH)–C–C–N with tert-alkyl or cyclic N) is 1. The lowest BCUT2D eigenvalue weighted by atomic mass is 9.53. The van der Waals surface area contributed by atoms with Gasteiger partial charge in [0.2, 0.25) is 0 Å².